The molecular weight excluding hydrogens is 242 g/mol. The first-order chi connectivity index (χ1) is 9.26. The van der Waals surface area contributed by atoms with Crippen LogP contribution in [0.15, 0.2) is 0 Å². The van der Waals surface area contributed by atoms with Gasteiger partial charge in [-0.25, -0.2) is 0 Å². The summed E-state index contributed by atoms with van der Waals surface area (Å²) in [7, 11) is 3.48. The van der Waals surface area contributed by atoms with Crippen LogP contribution in [0.4, 0.5) is 0 Å². The highest BCUT2D eigenvalue weighted by Crippen LogP contribution is 2.35. The smallest absolute Gasteiger partial charge is 0.0589 e. The van der Waals surface area contributed by atoms with E-state index >= 15 is 0 Å². The van der Waals surface area contributed by atoms with Crippen LogP contribution >= 0.6 is 0 Å². The Hall–Kier alpha value is -0.160. The van der Waals surface area contributed by atoms with Crippen molar-refractivity contribution in [3.05, 3.63) is 0 Å². The van der Waals surface area contributed by atoms with E-state index in [1.165, 1.54) is 25.7 Å². The zero-order valence-corrected chi connectivity index (χ0v) is 12.7. The van der Waals surface area contributed by atoms with Crippen molar-refractivity contribution >= 4 is 0 Å². The Kier molecular flexibility index (Phi) is 8.62. The van der Waals surface area contributed by atoms with Gasteiger partial charge in [0.2, 0.25) is 0 Å². The molecule has 0 amide bonds. The number of methoxy groups -OCH3 is 2. The van der Waals surface area contributed by atoms with E-state index in [-0.39, 0.29) is 5.41 Å². The second kappa shape index (κ2) is 9.70. The predicted octanol–water partition coefficient (Wildman–Crippen LogP) is 1.91. The molecule has 0 radical (unpaired) electrons. The lowest BCUT2D eigenvalue weighted by molar-refractivity contribution is 0.0363. The van der Waals surface area contributed by atoms with E-state index in [9.17, 15) is 5.11 Å². The quantitative estimate of drug-likeness (QED) is 0.652. The Labute approximate surface area is 118 Å². The molecule has 0 atom stereocenters. The average molecular weight is 273 g/mol. The molecule has 1 aliphatic carbocycles. The van der Waals surface area contributed by atoms with E-state index in [0.717, 1.165) is 45.7 Å². The van der Waals surface area contributed by atoms with Gasteiger partial charge in [0, 0.05) is 45.9 Å². The molecule has 0 spiro atoms. The molecular formula is C15H31NO3. The van der Waals surface area contributed by atoms with Crippen LogP contribution in [0, 0.1) is 5.41 Å². The Morgan fingerprint density at radius 2 is 1.47 bits per heavy atom. The highest BCUT2D eigenvalue weighted by Gasteiger charge is 2.32. The molecule has 4 heteroatoms. The number of aliphatic hydroxyl groups excluding tert-OH is 1. The molecule has 0 heterocycles. The maximum absolute atomic E-state index is 9.88. The Balaban J connectivity index is 2.55. The molecule has 0 aromatic carbocycles. The van der Waals surface area contributed by atoms with Gasteiger partial charge >= 0.3 is 0 Å². The van der Waals surface area contributed by atoms with Crippen molar-refractivity contribution in [2.45, 2.75) is 38.5 Å². The van der Waals surface area contributed by atoms with Crippen LogP contribution in [-0.4, -0.2) is 63.7 Å². The molecule has 4 nitrogen and oxygen atoms in total. The fourth-order valence-corrected chi connectivity index (χ4v) is 3.03. The second-order valence-electron chi connectivity index (χ2n) is 5.83. The van der Waals surface area contributed by atoms with E-state index in [2.05, 4.69) is 4.90 Å². The van der Waals surface area contributed by atoms with Crippen molar-refractivity contribution in [2.24, 2.45) is 5.41 Å². The summed E-state index contributed by atoms with van der Waals surface area (Å²) in [4.78, 5) is 2.38. The van der Waals surface area contributed by atoms with Gasteiger partial charge in [0.05, 0.1) is 13.2 Å². The fraction of sp³-hybridized carbons (Fsp3) is 1.00. The lowest BCUT2D eigenvalue weighted by atomic mass is 9.80. The molecule has 114 valence electrons. The number of nitrogens with zero attached hydrogens (tertiary/aromatic N) is 1. The zero-order valence-electron chi connectivity index (χ0n) is 12.7. The van der Waals surface area contributed by atoms with Crippen molar-refractivity contribution in [1.29, 1.82) is 0 Å². The minimum atomic E-state index is 0.0952. The first kappa shape index (κ1) is 16.9. The number of hydrogen-bond donors (Lipinski definition) is 1. The van der Waals surface area contributed by atoms with Crippen LogP contribution < -0.4 is 0 Å². The largest absolute Gasteiger partial charge is 0.396 e. The average Bonchev–Trinajstić information content (AvgIpc) is 2.68. The summed E-state index contributed by atoms with van der Waals surface area (Å²) in [6.45, 7) is 4.60. The summed E-state index contributed by atoms with van der Waals surface area (Å²) >= 11 is 0. The minimum absolute atomic E-state index is 0.0952. The van der Waals surface area contributed by atoms with Crippen LogP contribution in [0.3, 0.4) is 0 Å². The van der Waals surface area contributed by atoms with Gasteiger partial charge in [-0.15, -0.1) is 0 Å². The Morgan fingerprint density at radius 3 is 1.89 bits per heavy atom. The van der Waals surface area contributed by atoms with Crippen LogP contribution in [-0.2, 0) is 9.47 Å². The SMILES string of the molecule is COCCN(CCOC)CC1(CO)CCCCCC1. The number of aliphatic hydroxyl groups is 1. The van der Waals surface area contributed by atoms with Crippen molar-refractivity contribution in [3.8, 4) is 0 Å². The molecule has 1 saturated carbocycles. The van der Waals surface area contributed by atoms with Gasteiger partial charge in [0.25, 0.3) is 0 Å². The first-order valence-corrected chi connectivity index (χ1v) is 7.57. The van der Waals surface area contributed by atoms with Gasteiger partial charge < -0.3 is 14.6 Å². The van der Waals surface area contributed by atoms with E-state index in [4.69, 9.17) is 9.47 Å². The van der Waals surface area contributed by atoms with Crippen molar-refractivity contribution in [3.63, 3.8) is 0 Å². The molecule has 0 bridgehead atoms. The summed E-state index contributed by atoms with van der Waals surface area (Å²) in [6.07, 6.45) is 7.45. The standard InChI is InChI=1S/C15H31NO3/c1-18-11-9-16(10-12-19-2)13-15(14-17)7-5-3-4-6-8-15/h17H,3-14H2,1-2H3. The maximum Gasteiger partial charge on any atom is 0.0589 e. The molecule has 19 heavy (non-hydrogen) atoms. The molecule has 0 aliphatic heterocycles. The maximum atomic E-state index is 9.88. The van der Waals surface area contributed by atoms with E-state index in [0.29, 0.717) is 6.61 Å². The minimum Gasteiger partial charge on any atom is -0.396 e. The van der Waals surface area contributed by atoms with Gasteiger partial charge in [-0.05, 0) is 12.8 Å². The second-order valence-corrected chi connectivity index (χ2v) is 5.83. The predicted molar refractivity (Wildman–Crippen MR) is 77.4 cm³/mol. The summed E-state index contributed by atoms with van der Waals surface area (Å²) in [5, 5.41) is 9.88. The topological polar surface area (TPSA) is 41.9 Å². The van der Waals surface area contributed by atoms with Gasteiger partial charge in [-0.2, -0.15) is 0 Å². The summed E-state index contributed by atoms with van der Waals surface area (Å²) < 4.78 is 10.4. The summed E-state index contributed by atoms with van der Waals surface area (Å²) in [6, 6.07) is 0. The summed E-state index contributed by atoms with van der Waals surface area (Å²) in [5.74, 6) is 0. The third-order valence-electron chi connectivity index (χ3n) is 4.28. The monoisotopic (exact) mass is 273 g/mol. The zero-order chi connectivity index (χ0) is 14.0. The molecule has 0 aromatic heterocycles. The molecule has 1 aliphatic rings. The van der Waals surface area contributed by atoms with Crippen LogP contribution in [0.2, 0.25) is 0 Å². The molecule has 1 rings (SSSR count). The van der Waals surface area contributed by atoms with Crippen LogP contribution in [0.5, 0.6) is 0 Å². The number of rotatable bonds is 9. The van der Waals surface area contributed by atoms with Crippen LogP contribution in [0.1, 0.15) is 38.5 Å². The van der Waals surface area contributed by atoms with E-state index < -0.39 is 0 Å². The highest BCUT2D eigenvalue weighted by molar-refractivity contribution is 4.84. The first-order valence-electron chi connectivity index (χ1n) is 7.57. The normalized spacial score (nSPS) is 19.6. The van der Waals surface area contributed by atoms with Gasteiger partial charge in [0.1, 0.15) is 0 Å². The lowest BCUT2D eigenvalue weighted by Gasteiger charge is -2.36. The molecule has 1 fully saturated rings. The lowest BCUT2D eigenvalue weighted by Crippen LogP contribution is -2.42. The third kappa shape index (κ3) is 6.21. The van der Waals surface area contributed by atoms with Crippen molar-refractivity contribution < 1.29 is 14.6 Å². The number of hydrogen-bond acceptors (Lipinski definition) is 4. The van der Waals surface area contributed by atoms with E-state index in [1.807, 2.05) is 0 Å². The molecule has 0 saturated heterocycles. The fourth-order valence-electron chi connectivity index (χ4n) is 3.03. The Bertz CT molecular complexity index is 207. The highest BCUT2D eigenvalue weighted by atomic mass is 16.5. The van der Waals surface area contributed by atoms with Gasteiger partial charge in [-0.3, -0.25) is 4.90 Å². The van der Waals surface area contributed by atoms with Crippen LogP contribution in [0.25, 0.3) is 0 Å². The molecule has 0 unspecified atom stereocenters. The van der Waals surface area contributed by atoms with Crippen molar-refractivity contribution in [2.75, 3.05) is 53.7 Å². The summed E-state index contributed by atoms with van der Waals surface area (Å²) in [5.41, 5.74) is 0.0952. The van der Waals surface area contributed by atoms with Gasteiger partial charge in [0.15, 0.2) is 0 Å². The number of ether oxygens (including phenoxy) is 2. The van der Waals surface area contributed by atoms with Gasteiger partial charge in [-0.1, -0.05) is 25.7 Å². The molecule has 1 N–H and O–H groups in total. The molecule has 0 aromatic rings. The Morgan fingerprint density at radius 1 is 0.947 bits per heavy atom. The van der Waals surface area contributed by atoms with Crippen molar-refractivity contribution in [1.82, 2.24) is 4.90 Å². The van der Waals surface area contributed by atoms with E-state index in [1.54, 1.807) is 14.2 Å². The third-order valence-corrected chi connectivity index (χ3v) is 4.28.